The first-order chi connectivity index (χ1) is 9.10. The molecule has 5 heteroatoms. The molecule has 4 nitrogen and oxygen atoms in total. The van der Waals surface area contributed by atoms with Crippen molar-refractivity contribution < 1.29 is 9.53 Å². The van der Waals surface area contributed by atoms with Gasteiger partial charge < -0.3 is 9.72 Å². The molecule has 0 aliphatic heterocycles. The number of esters is 1. The molecule has 0 atom stereocenters. The van der Waals surface area contributed by atoms with Crippen molar-refractivity contribution in [2.45, 2.75) is 19.0 Å². The molecule has 1 N–H and O–H groups in total. The van der Waals surface area contributed by atoms with Gasteiger partial charge in [-0.15, -0.1) is 0 Å². The SMILES string of the molecule is COC(=O)C(C)=CCSc1nc2ccc(C)cc2[nH]1. The molecule has 2 aromatic rings. The van der Waals surface area contributed by atoms with Crippen molar-refractivity contribution in [3.8, 4) is 0 Å². The topological polar surface area (TPSA) is 55.0 Å². The monoisotopic (exact) mass is 276 g/mol. The number of imidazole rings is 1. The minimum Gasteiger partial charge on any atom is -0.466 e. The lowest BCUT2D eigenvalue weighted by atomic mass is 10.2. The second-order valence-electron chi connectivity index (χ2n) is 4.25. The van der Waals surface area contributed by atoms with Crippen LogP contribution in [0.4, 0.5) is 0 Å². The van der Waals surface area contributed by atoms with Crippen LogP contribution in [0.1, 0.15) is 12.5 Å². The third kappa shape index (κ3) is 3.38. The Balaban J connectivity index is 2.04. The molecule has 100 valence electrons. The molecule has 0 radical (unpaired) electrons. The zero-order chi connectivity index (χ0) is 13.8. The second-order valence-corrected chi connectivity index (χ2v) is 5.26. The van der Waals surface area contributed by atoms with Crippen molar-refractivity contribution in [3.05, 3.63) is 35.4 Å². The average molecular weight is 276 g/mol. The highest BCUT2D eigenvalue weighted by molar-refractivity contribution is 7.99. The average Bonchev–Trinajstić information content (AvgIpc) is 2.79. The molecule has 0 saturated carbocycles. The zero-order valence-electron chi connectivity index (χ0n) is 11.2. The predicted molar refractivity (Wildman–Crippen MR) is 77.3 cm³/mol. The lowest BCUT2D eigenvalue weighted by Gasteiger charge is -1.97. The van der Waals surface area contributed by atoms with Gasteiger partial charge in [-0.05, 0) is 31.5 Å². The number of rotatable bonds is 4. The Morgan fingerprint density at radius 1 is 1.53 bits per heavy atom. The van der Waals surface area contributed by atoms with Gasteiger partial charge in [0.1, 0.15) is 0 Å². The lowest BCUT2D eigenvalue weighted by molar-refractivity contribution is -0.136. The Hall–Kier alpha value is -1.75. The normalized spacial score (nSPS) is 11.8. The van der Waals surface area contributed by atoms with E-state index >= 15 is 0 Å². The van der Waals surface area contributed by atoms with Crippen LogP contribution in [-0.4, -0.2) is 28.8 Å². The molecule has 2 rings (SSSR count). The fourth-order valence-corrected chi connectivity index (χ4v) is 2.49. The number of H-pyrrole nitrogens is 1. The molecule has 1 heterocycles. The van der Waals surface area contributed by atoms with Crippen molar-refractivity contribution in [1.82, 2.24) is 9.97 Å². The second kappa shape index (κ2) is 5.93. The summed E-state index contributed by atoms with van der Waals surface area (Å²) < 4.78 is 4.64. The Bertz CT molecular complexity index is 631. The van der Waals surface area contributed by atoms with Crippen molar-refractivity contribution in [3.63, 3.8) is 0 Å². The molecule has 0 bridgehead atoms. The third-order valence-electron chi connectivity index (χ3n) is 2.73. The summed E-state index contributed by atoms with van der Waals surface area (Å²) in [6.45, 7) is 3.80. The first-order valence-electron chi connectivity index (χ1n) is 5.94. The van der Waals surface area contributed by atoms with Crippen molar-refractivity contribution in [2.24, 2.45) is 0 Å². The number of benzene rings is 1. The van der Waals surface area contributed by atoms with Gasteiger partial charge in [0.05, 0.1) is 18.1 Å². The summed E-state index contributed by atoms with van der Waals surface area (Å²) in [5.74, 6) is 0.389. The number of thioether (sulfide) groups is 1. The van der Waals surface area contributed by atoms with Gasteiger partial charge in [0.2, 0.25) is 0 Å². The van der Waals surface area contributed by atoms with Crippen molar-refractivity contribution in [2.75, 3.05) is 12.9 Å². The predicted octanol–water partition coefficient (Wildman–Crippen LogP) is 3.08. The Labute approximate surface area is 116 Å². The van der Waals surface area contributed by atoms with Crippen molar-refractivity contribution in [1.29, 1.82) is 0 Å². The van der Waals surface area contributed by atoms with Crippen LogP contribution in [0.2, 0.25) is 0 Å². The van der Waals surface area contributed by atoms with Crippen LogP contribution in [0.15, 0.2) is 35.0 Å². The van der Waals surface area contributed by atoms with E-state index in [2.05, 4.69) is 27.7 Å². The van der Waals surface area contributed by atoms with E-state index in [-0.39, 0.29) is 5.97 Å². The molecule has 19 heavy (non-hydrogen) atoms. The maximum atomic E-state index is 11.2. The number of ether oxygens (including phenoxy) is 1. The van der Waals surface area contributed by atoms with Crippen LogP contribution in [0.5, 0.6) is 0 Å². The minimum absolute atomic E-state index is 0.291. The number of aromatic nitrogens is 2. The number of nitrogens with zero attached hydrogens (tertiary/aromatic N) is 1. The number of fused-ring (bicyclic) bond motifs is 1. The van der Waals surface area contributed by atoms with Gasteiger partial charge in [-0.2, -0.15) is 0 Å². The van der Waals surface area contributed by atoms with Crippen LogP contribution in [0, 0.1) is 6.92 Å². The van der Waals surface area contributed by atoms with Crippen LogP contribution in [0.3, 0.4) is 0 Å². The fourth-order valence-electron chi connectivity index (χ4n) is 1.66. The number of carbonyl (C=O) groups is 1. The van der Waals surface area contributed by atoms with E-state index in [0.717, 1.165) is 16.2 Å². The number of hydrogen-bond acceptors (Lipinski definition) is 4. The summed E-state index contributed by atoms with van der Waals surface area (Å²) in [7, 11) is 1.38. The largest absolute Gasteiger partial charge is 0.466 e. The molecule has 0 saturated heterocycles. The molecule has 0 spiro atoms. The quantitative estimate of drug-likeness (QED) is 0.529. The maximum Gasteiger partial charge on any atom is 0.333 e. The van der Waals surface area contributed by atoms with Gasteiger partial charge in [-0.3, -0.25) is 0 Å². The fraction of sp³-hybridized carbons (Fsp3) is 0.286. The summed E-state index contributed by atoms with van der Waals surface area (Å²) in [6, 6.07) is 6.11. The van der Waals surface area contributed by atoms with E-state index in [4.69, 9.17) is 0 Å². The highest BCUT2D eigenvalue weighted by Crippen LogP contribution is 2.20. The van der Waals surface area contributed by atoms with Gasteiger partial charge in [0.15, 0.2) is 5.16 Å². The highest BCUT2D eigenvalue weighted by Gasteiger charge is 2.04. The molecule has 0 fully saturated rings. The van der Waals surface area contributed by atoms with E-state index in [1.54, 1.807) is 18.7 Å². The number of nitrogens with one attached hydrogen (secondary N) is 1. The van der Waals surface area contributed by atoms with E-state index in [9.17, 15) is 4.79 Å². The van der Waals surface area contributed by atoms with E-state index in [1.807, 2.05) is 18.2 Å². The van der Waals surface area contributed by atoms with Gasteiger partial charge in [-0.25, -0.2) is 9.78 Å². The Morgan fingerprint density at radius 2 is 2.32 bits per heavy atom. The lowest BCUT2D eigenvalue weighted by Crippen LogP contribution is -2.01. The van der Waals surface area contributed by atoms with Gasteiger partial charge in [0, 0.05) is 11.3 Å². The molecule has 1 aromatic heterocycles. The van der Waals surface area contributed by atoms with Crippen LogP contribution in [-0.2, 0) is 9.53 Å². The molecular formula is C14H16N2O2S. The summed E-state index contributed by atoms with van der Waals surface area (Å²) in [4.78, 5) is 18.9. The maximum absolute atomic E-state index is 11.2. The number of methoxy groups -OCH3 is 1. The Morgan fingerprint density at radius 3 is 3.05 bits per heavy atom. The molecule has 0 unspecified atom stereocenters. The van der Waals surface area contributed by atoms with Crippen LogP contribution in [0.25, 0.3) is 11.0 Å². The number of hydrogen-bond donors (Lipinski definition) is 1. The van der Waals surface area contributed by atoms with Gasteiger partial charge in [0.25, 0.3) is 0 Å². The van der Waals surface area contributed by atoms with Crippen molar-refractivity contribution >= 4 is 28.8 Å². The van der Waals surface area contributed by atoms with E-state index < -0.39 is 0 Å². The van der Waals surface area contributed by atoms with Gasteiger partial charge in [-0.1, -0.05) is 23.9 Å². The third-order valence-corrected chi connectivity index (χ3v) is 3.53. The highest BCUT2D eigenvalue weighted by atomic mass is 32.2. The minimum atomic E-state index is -0.291. The van der Waals surface area contributed by atoms with E-state index in [0.29, 0.717) is 11.3 Å². The van der Waals surface area contributed by atoms with Gasteiger partial charge >= 0.3 is 5.97 Å². The van der Waals surface area contributed by atoms with Crippen LogP contribution >= 0.6 is 11.8 Å². The zero-order valence-corrected chi connectivity index (χ0v) is 12.0. The summed E-state index contributed by atoms with van der Waals surface area (Å²) in [6.07, 6.45) is 1.84. The first kappa shape index (κ1) is 13.7. The molecule has 1 aromatic carbocycles. The molecule has 0 amide bonds. The summed E-state index contributed by atoms with van der Waals surface area (Å²) in [5, 5.41) is 0.856. The molecule has 0 aliphatic carbocycles. The molecule has 0 aliphatic rings. The van der Waals surface area contributed by atoms with Crippen LogP contribution < -0.4 is 0 Å². The molecular weight excluding hydrogens is 260 g/mol. The number of aromatic amines is 1. The number of carbonyl (C=O) groups excluding carboxylic acids is 1. The Kier molecular flexibility index (Phi) is 4.27. The summed E-state index contributed by atoms with van der Waals surface area (Å²) >= 11 is 1.56. The van der Waals surface area contributed by atoms with E-state index in [1.165, 1.54) is 12.7 Å². The number of aryl methyl sites for hydroxylation is 1. The standard InChI is InChI=1S/C14H16N2O2S/c1-9-4-5-11-12(8-9)16-14(15-11)19-7-6-10(2)13(17)18-3/h4-6,8H,7H2,1-3H3,(H,15,16). The summed E-state index contributed by atoms with van der Waals surface area (Å²) in [5.41, 5.74) is 3.81. The smallest absolute Gasteiger partial charge is 0.333 e. The first-order valence-corrected chi connectivity index (χ1v) is 6.93.